The van der Waals surface area contributed by atoms with Gasteiger partial charge in [0.25, 0.3) is 0 Å². The molecule has 4 aromatic rings. The predicted molar refractivity (Wildman–Crippen MR) is 98.0 cm³/mol. The number of aromatic nitrogens is 5. The fraction of sp³-hybridized carbons (Fsp3) is 0.111. The molecule has 2 aromatic heterocycles. The summed E-state index contributed by atoms with van der Waals surface area (Å²) in [5.41, 5.74) is 3.70. The predicted octanol–water partition coefficient (Wildman–Crippen LogP) is 3.78. The molecule has 124 valence electrons. The maximum absolute atomic E-state index is 6.32. The van der Waals surface area contributed by atoms with Gasteiger partial charge in [0.1, 0.15) is 5.15 Å². The largest absolute Gasteiger partial charge is 0.381 e. The van der Waals surface area contributed by atoms with Crippen LogP contribution in [0.4, 0.5) is 5.69 Å². The number of hydrogen-bond acceptors (Lipinski definition) is 5. The van der Waals surface area contributed by atoms with Crippen molar-refractivity contribution in [1.29, 1.82) is 0 Å². The number of halogens is 1. The summed E-state index contributed by atoms with van der Waals surface area (Å²) in [5.74, 6) is 0.735. The molecule has 0 radical (unpaired) electrons. The van der Waals surface area contributed by atoms with Crippen molar-refractivity contribution in [3.8, 4) is 5.69 Å². The van der Waals surface area contributed by atoms with E-state index >= 15 is 0 Å². The highest BCUT2D eigenvalue weighted by Crippen LogP contribution is 2.22. The van der Waals surface area contributed by atoms with Gasteiger partial charge in [0.15, 0.2) is 5.82 Å². The first-order chi connectivity index (χ1) is 12.2. The lowest BCUT2D eigenvalue weighted by atomic mass is 10.1. The molecule has 0 aliphatic carbocycles. The van der Waals surface area contributed by atoms with Gasteiger partial charge in [-0.1, -0.05) is 35.9 Å². The van der Waals surface area contributed by atoms with Crippen molar-refractivity contribution in [2.45, 2.75) is 13.5 Å². The molecule has 2 aromatic carbocycles. The fourth-order valence-corrected chi connectivity index (χ4v) is 2.89. The second-order valence-electron chi connectivity index (χ2n) is 5.67. The van der Waals surface area contributed by atoms with Crippen LogP contribution in [0.15, 0.2) is 54.6 Å². The number of para-hydroxylation sites is 1. The third-order valence-electron chi connectivity index (χ3n) is 3.95. The lowest BCUT2D eigenvalue weighted by molar-refractivity contribution is 0.779. The molecule has 6 nitrogen and oxygen atoms in total. The molecule has 0 aliphatic heterocycles. The average molecular weight is 351 g/mol. The summed E-state index contributed by atoms with van der Waals surface area (Å²) in [4.78, 5) is 4.45. The molecule has 0 amide bonds. The Kier molecular flexibility index (Phi) is 4.03. The van der Waals surface area contributed by atoms with Gasteiger partial charge in [-0.15, -0.1) is 5.10 Å². The number of tetrazole rings is 1. The van der Waals surface area contributed by atoms with Crippen LogP contribution < -0.4 is 5.32 Å². The van der Waals surface area contributed by atoms with Crippen molar-refractivity contribution in [2.75, 3.05) is 5.32 Å². The van der Waals surface area contributed by atoms with E-state index in [1.807, 2.05) is 55.5 Å². The van der Waals surface area contributed by atoms with E-state index in [9.17, 15) is 0 Å². The molecule has 0 aliphatic rings. The van der Waals surface area contributed by atoms with Gasteiger partial charge in [-0.2, -0.15) is 4.68 Å². The number of rotatable bonds is 4. The molecule has 0 saturated heterocycles. The number of nitrogens with one attached hydrogen (secondary N) is 1. The van der Waals surface area contributed by atoms with Crippen LogP contribution in [-0.4, -0.2) is 25.2 Å². The minimum absolute atomic E-state index is 0.513. The van der Waals surface area contributed by atoms with Gasteiger partial charge < -0.3 is 5.32 Å². The maximum Gasteiger partial charge on any atom is 0.153 e. The van der Waals surface area contributed by atoms with Crippen LogP contribution in [0.2, 0.25) is 5.15 Å². The number of benzene rings is 2. The van der Waals surface area contributed by atoms with Crippen LogP contribution >= 0.6 is 11.6 Å². The van der Waals surface area contributed by atoms with Crippen LogP contribution in [0, 0.1) is 6.92 Å². The van der Waals surface area contributed by atoms with Crippen molar-refractivity contribution in [2.24, 2.45) is 0 Å². The van der Waals surface area contributed by atoms with Crippen LogP contribution in [0.5, 0.6) is 0 Å². The molecule has 2 heterocycles. The zero-order chi connectivity index (χ0) is 17.2. The van der Waals surface area contributed by atoms with E-state index in [0.717, 1.165) is 33.7 Å². The molecule has 0 saturated carbocycles. The maximum atomic E-state index is 6.32. The minimum atomic E-state index is 0.513. The Morgan fingerprint density at radius 3 is 2.80 bits per heavy atom. The van der Waals surface area contributed by atoms with Gasteiger partial charge in [-0.25, -0.2) is 4.98 Å². The Morgan fingerprint density at radius 1 is 1.08 bits per heavy atom. The zero-order valence-electron chi connectivity index (χ0n) is 13.5. The van der Waals surface area contributed by atoms with Crippen LogP contribution in [0.1, 0.15) is 11.4 Å². The quantitative estimate of drug-likeness (QED) is 0.567. The highest BCUT2D eigenvalue weighted by atomic mass is 35.5. The Morgan fingerprint density at radius 2 is 1.96 bits per heavy atom. The molecule has 0 fully saturated rings. The summed E-state index contributed by atoms with van der Waals surface area (Å²) >= 11 is 6.32. The highest BCUT2D eigenvalue weighted by Gasteiger charge is 2.07. The standard InChI is InChI=1S/C18H15ClN6/c1-12-22-23-24-25(12)16-7-4-6-15(10-16)20-11-14-9-13-5-2-3-8-17(13)21-18(14)19/h2-10,20H,11H2,1H3. The van der Waals surface area contributed by atoms with E-state index in [4.69, 9.17) is 11.6 Å². The molecule has 0 unspecified atom stereocenters. The molecule has 1 N–H and O–H groups in total. The molecule has 25 heavy (non-hydrogen) atoms. The summed E-state index contributed by atoms with van der Waals surface area (Å²) in [6, 6.07) is 17.9. The summed E-state index contributed by atoms with van der Waals surface area (Å²) in [5, 5.41) is 16.5. The van der Waals surface area contributed by atoms with Crippen LogP contribution in [0.3, 0.4) is 0 Å². The summed E-state index contributed by atoms with van der Waals surface area (Å²) in [7, 11) is 0. The number of anilines is 1. The normalized spacial score (nSPS) is 11.0. The number of aryl methyl sites for hydroxylation is 1. The lowest BCUT2D eigenvalue weighted by Gasteiger charge is -2.10. The van der Waals surface area contributed by atoms with E-state index < -0.39 is 0 Å². The first-order valence-corrected chi connectivity index (χ1v) is 8.22. The summed E-state index contributed by atoms with van der Waals surface area (Å²) < 4.78 is 1.69. The minimum Gasteiger partial charge on any atom is -0.381 e. The van der Waals surface area contributed by atoms with E-state index in [1.165, 1.54) is 0 Å². The molecular weight excluding hydrogens is 336 g/mol. The molecular formula is C18H15ClN6. The van der Waals surface area contributed by atoms with Gasteiger partial charge >= 0.3 is 0 Å². The Labute approximate surface area is 149 Å². The van der Waals surface area contributed by atoms with E-state index in [-0.39, 0.29) is 0 Å². The third kappa shape index (κ3) is 3.16. The van der Waals surface area contributed by atoms with Gasteiger partial charge in [-0.3, -0.25) is 0 Å². The molecule has 0 bridgehead atoms. The highest BCUT2D eigenvalue weighted by molar-refractivity contribution is 6.30. The van der Waals surface area contributed by atoms with Crippen LogP contribution in [-0.2, 0) is 6.54 Å². The van der Waals surface area contributed by atoms with Gasteiger partial charge in [0.2, 0.25) is 0 Å². The second kappa shape index (κ2) is 6.49. The first kappa shape index (κ1) is 15.5. The molecule has 4 rings (SSSR count). The molecule has 0 atom stereocenters. The van der Waals surface area contributed by atoms with Crippen LogP contribution in [0.25, 0.3) is 16.6 Å². The second-order valence-corrected chi connectivity index (χ2v) is 6.03. The number of fused-ring (bicyclic) bond motifs is 1. The SMILES string of the molecule is Cc1nnnn1-c1cccc(NCc2cc3ccccc3nc2Cl)c1. The smallest absolute Gasteiger partial charge is 0.153 e. The van der Waals surface area contributed by atoms with E-state index in [0.29, 0.717) is 11.7 Å². The monoisotopic (exact) mass is 350 g/mol. The summed E-state index contributed by atoms with van der Waals surface area (Å²) in [6.07, 6.45) is 0. The Balaban J connectivity index is 1.58. The first-order valence-electron chi connectivity index (χ1n) is 7.84. The molecule has 0 spiro atoms. The van der Waals surface area contributed by atoms with Crippen molar-refractivity contribution in [1.82, 2.24) is 25.2 Å². The van der Waals surface area contributed by atoms with Crippen molar-refractivity contribution >= 4 is 28.2 Å². The Bertz CT molecular complexity index is 1040. The van der Waals surface area contributed by atoms with Crippen molar-refractivity contribution in [3.05, 3.63) is 71.1 Å². The number of hydrogen-bond donors (Lipinski definition) is 1. The van der Waals surface area contributed by atoms with Gasteiger partial charge in [0, 0.05) is 23.2 Å². The van der Waals surface area contributed by atoms with Crippen molar-refractivity contribution < 1.29 is 0 Å². The summed E-state index contributed by atoms with van der Waals surface area (Å²) in [6.45, 7) is 2.44. The average Bonchev–Trinajstić information content (AvgIpc) is 3.06. The fourth-order valence-electron chi connectivity index (χ4n) is 2.68. The molecule has 7 heteroatoms. The number of pyridine rings is 1. The Hall–Kier alpha value is -2.99. The van der Waals surface area contributed by atoms with Gasteiger partial charge in [0.05, 0.1) is 11.2 Å². The lowest BCUT2D eigenvalue weighted by Crippen LogP contribution is -2.04. The van der Waals surface area contributed by atoms with E-state index in [1.54, 1.807) is 4.68 Å². The zero-order valence-corrected chi connectivity index (χ0v) is 14.3. The van der Waals surface area contributed by atoms with Gasteiger partial charge in [-0.05, 0) is 47.7 Å². The third-order valence-corrected chi connectivity index (χ3v) is 4.28. The van der Waals surface area contributed by atoms with Crippen molar-refractivity contribution in [3.63, 3.8) is 0 Å². The topological polar surface area (TPSA) is 68.5 Å². The van der Waals surface area contributed by atoms with E-state index in [2.05, 4.69) is 31.9 Å². The number of nitrogens with zero attached hydrogens (tertiary/aromatic N) is 5.